The number of nitrogens with one attached hydrogen (secondary N) is 2. The van der Waals surface area contributed by atoms with Gasteiger partial charge in [0.05, 0.1) is 12.5 Å². The number of ether oxygens (including phenoxy) is 1. The molecule has 0 spiro atoms. The van der Waals surface area contributed by atoms with Gasteiger partial charge in [0.25, 0.3) is 0 Å². The Labute approximate surface area is 203 Å². The highest BCUT2D eigenvalue weighted by Crippen LogP contribution is 2.28. The molecular formula is C27H28N2O6. The Bertz CT molecular complexity index is 1050. The molecule has 0 heterocycles. The van der Waals surface area contributed by atoms with E-state index in [1.807, 2.05) is 42.5 Å². The number of aliphatic hydroxyl groups is 1. The molecule has 0 fully saturated rings. The van der Waals surface area contributed by atoms with E-state index >= 15 is 0 Å². The fourth-order valence-electron chi connectivity index (χ4n) is 3.68. The molecule has 0 aliphatic carbocycles. The lowest BCUT2D eigenvalue weighted by atomic mass is 9.85. The summed E-state index contributed by atoms with van der Waals surface area (Å²) in [5.74, 6) is -2.49. The van der Waals surface area contributed by atoms with Crippen LogP contribution in [0.2, 0.25) is 0 Å². The Morgan fingerprint density at radius 1 is 0.800 bits per heavy atom. The first kappa shape index (κ1) is 25.5. The maximum atomic E-state index is 12.6. The molecule has 0 aromatic heterocycles. The summed E-state index contributed by atoms with van der Waals surface area (Å²) in [6.07, 6.45) is -2.34. The number of aliphatic carboxylic acids is 1. The summed E-state index contributed by atoms with van der Waals surface area (Å²) in [6, 6.07) is 25.9. The number of carboxylic acid groups (broad SMARTS) is 1. The largest absolute Gasteiger partial charge is 0.480 e. The monoisotopic (exact) mass is 476 g/mol. The zero-order chi connectivity index (χ0) is 25.0. The van der Waals surface area contributed by atoms with E-state index in [1.165, 1.54) is 0 Å². The molecule has 3 rings (SSSR count). The molecule has 4 N–H and O–H groups in total. The fraction of sp³-hybridized carbons (Fsp3) is 0.222. The van der Waals surface area contributed by atoms with Crippen LogP contribution in [-0.2, 0) is 20.9 Å². The van der Waals surface area contributed by atoms with Crippen molar-refractivity contribution in [2.75, 3.05) is 6.54 Å². The van der Waals surface area contributed by atoms with Crippen LogP contribution in [0.4, 0.5) is 4.79 Å². The number of hydrogen-bond donors (Lipinski definition) is 4. The fourth-order valence-corrected chi connectivity index (χ4v) is 3.68. The van der Waals surface area contributed by atoms with Crippen molar-refractivity contribution < 1.29 is 29.3 Å². The number of carbonyl (C=O) groups is 3. The summed E-state index contributed by atoms with van der Waals surface area (Å²) >= 11 is 0. The average molecular weight is 477 g/mol. The quantitative estimate of drug-likeness (QED) is 0.337. The summed E-state index contributed by atoms with van der Waals surface area (Å²) in [7, 11) is 0. The number of benzene rings is 3. The highest BCUT2D eigenvalue weighted by Gasteiger charge is 2.32. The van der Waals surface area contributed by atoms with E-state index in [0.717, 1.165) is 16.7 Å². The smallest absolute Gasteiger partial charge is 0.407 e. The molecule has 0 aliphatic rings. The molecule has 0 saturated carbocycles. The zero-order valence-electron chi connectivity index (χ0n) is 19.0. The van der Waals surface area contributed by atoms with Gasteiger partial charge in [0.1, 0.15) is 12.6 Å². The molecule has 35 heavy (non-hydrogen) atoms. The summed E-state index contributed by atoms with van der Waals surface area (Å²) in [4.78, 5) is 36.6. The second-order valence-corrected chi connectivity index (χ2v) is 7.98. The molecule has 182 valence electrons. The number of alkyl carbamates (subject to hydrolysis) is 1. The van der Waals surface area contributed by atoms with E-state index in [1.54, 1.807) is 48.5 Å². The van der Waals surface area contributed by atoms with Crippen LogP contribution in [0, 0.1) is 0 Å². The van der Waals surface area contributed by atoms with Crippen molar-refractivity contribution >= 4 is 18.0 Å². The number of rotatable bonds is 11. The molecule has 2 amide bonds. The summed E-state index contributed by atoms with van der Waals surface area (Å²) in [6.45, 7) is -0.149. The predicted molar refractivity (Wildman–Crippen MR) is 130 cm³/mol. The van der Waals surface area contributed by atoms with Crippen LogP contribution >= 0.6 is 0 Å². The molecular weight excluding hydrogens is 448 g/mol. The van der Waals surface area contributed by atoms with Crippen LogP contribution in [0.1, 0.15) is 29.0 Å². The van der Waals surface area contributed by atoms with Crippen LogP contribution in [0.15, 0.2) is 91.0 Å². The second-order valence-electron chi connectivity index (χ2n) is 7.98. The molecule has 0 unspecified atom stereocenters. The molecule has 0 aliphatic heterocycles. The topological polar surface area (TPSA) is 125 Å². The third-order valence-electron chi connectivity index (χ3n) is 5.35. The third-order valence-corrected chi connectivity index (χ3v) is 5.35. The van der Waals surface area contributed by atoms with Gasteiger partial charge in [0, 0.05) is 12.5 Å². The van der Waals surface area contributed by atoms with Gasteiger partial charge in [0.15, 0.2) is 0 Å². The van der Waals surface area contributed by atoms with E-state index < -0.39 is 36.0 Å². The lowest BCUT2D eigenvalue weighted by Gasteiger charge is -2.26. The van der Waals surface area contributed by atoms with Crippen molar-refractivity contribution in [3.05, 3.63) is 108 Å². The van der Waals surface area contributed by atoms with E-state index in [4.69, 9.17) is 4.74 Å². The molecule has 2 atom stereocenters. The van der Waals surface area contributed by atoms with Crippen LogP contribution in [0.3, 0.4) is 0 Å². The van der Waals surface area contributed by atoms with Gasteiger partial charge < -0.3 is 25.6 Å². The van der Waals surface area contributed by atoms with Crippen LogP contribution in [0.25, 0.3) is 0 Å². The number of hydrogen-bond acceptors (Lipinski definition) is 5. The van der Waals surface area contributed by atoms with Crippen LogP contribution in [-0.4, -0.2) is 46.9 Å². The second kappa shape index (κ2) is 12.9. The first-order valence-electron chi connectivity index (χ1n) is 11.2. The number of aliphatic hydroxyl groups excluding tert-OH is 1. The first-order chi connectivity index (χ1) is 16.9. The van der Waals surface area contributed by atoms with Crippen molar-refractivity contribution in [1.29, 1.82) is 0 Å². The Hall–Kier alpha value is -4.17. The van der Waals surface area contributed by atoms with Crippen molar-refractivity contribution in [3.63, 3.8) is 0 Å². The molecule has 8 nitrogen and oxygen atoms in total. The molecule has 0 saturated heterocycles. The number of carboxylic acids is 1. The number of amides is 2. The van der Waals surface area contributed by atoms with Gasteiger partial charge in [0.2, 0.25) is 5.91 Å². The standard InChI is InChI=1S/C27H28N2O6/c30-22(17-28-27(34)35-18-19-10-4-1-5-11-19)16-23(31)29-25(26(32)33)24(20-12-6-2-7-13-20)21-14-8-3-9-15-21/h1-15,22,24-25,30H,16-18H2,(H,28,34)(H,29,31)(H,32,33)/t22-,25+/m1/s1. The Balaban J connectivity index is 1.57. The highest BCUT2D eigenvalue weighted by molar-refractivity contribution is 5.85. The number of carbonyl (C=O) groups excluding carboxylic acids is 2. The van der Waals surface area contributed by atoms with E-state index in [-0.39, 0.29) is 19.6 Å². The Kier molecular flexibility index (Phi) is 9.39. The Morgan fingerprint density at radius 2 is 1.31 bits per heavy atom. The van der Waals surface area contributed by atoms with E-state index in [2.05, 4.69) is 10.6 Å². The van der Waals surface area contributed by atoms with Gasteiger partial charge in [-0.3, -0.25) is 4.79 Å². The minimum Gasteiger partial charge on any atom is -0.480 e. The molecule has 0 radical (unpaired) electrons. The van der Waals surface area contributed by atoms with Gasteiger partial charge >= 0.3 is 12.1 Å². The minimum atomic E-state index is -1.26. The highest BCUT2D eigenvalue weighted by atomic mass is 16.5. The van der Waals surface area contributed by atoms with E-state index in [0.29, 0.717) is 0 Å². The van der Waals surface area contributed by atoms with Gasteiger partial charge in [-0.15, -0.1) is 0 Å². The van der Waals surface area contributed by atoms with Crippen molar-refractivity contribution in [2.45, 2.75) is 31.1 Å². The SMILES string of the molecule is O=C(C[C@@H](O)CNC(=O)OCc1ccccc1)N[C@H](C(=O)O)C(c1ccccc1)c1ccccc1. The van der Waals surface area contributed by atoms with Crippen molar-refractivity contribution in [2.24, 2.45) is 0 Å². The summed E-state index contributed by atoms with van der Waals surface area (Å²) < 4.78 is 5.07. The van der Waals surface area contributed by atoms with Crippen LogP contribution < -0.4 is 10.6 Å². The Morgan fingerprint density at radius 3 is 1.83 bits per heavy atom. The van der Waals surface area contributed by atoms with Gasteiger partial charge in [-0.05, 0) is 16.7 Å². The molecule has 3 aromatic carbocycles. The maximum absolute atomic E-state index is 12.6. The minimum absolute atomic E-state index is 0.0733. The van der Waals surface area contributed by atoms with Crippen molar-refractivity contribution in [1.82, 2.24) is 10.6 Å². The lowest BCUT2D eigenvalue weighted by molar-refractivity contribution is -0.142. The van der Waals surface area contributed by atoms with Gasteiger partial charge in [-0.2, -0.15) is 0 Å². The van der Waals surface area contributed by atoms with Crippen molar-refractivity contribution in [3.8, 4) is 0 Å². The van der Waals surface area contributed by atoms with Crippen LogP contribution in [0.5, 0.6) is 0 Å². The predicted octanol–water partition coefficient (Wildman–Crippen LogP) is 3.07. The molecule has 3 aromatic rings. The first-order valence-corrected chi connectivity index (χ1v) is 11.2. The average Bonchev–Trinajstić information content (AvgIpc) is 2.87. The third kappa shape index (κ3) is 7.97. The summed E-state index contributed by atoms with van der Waals surface area (Å²) in [5.41, 5.74) is 2.28. The lowest BCUT2D eigenvalue weighted by Crippen LogP contribution is -2.46. The van der Waals surface area contributed by atoms with E-state index in [9.17, 15) is 24.6 Å². The molecule has 0 bridgehead atoms. The maximum Gasteiger partial charge on any atom is 0.407 e. The molecule has 8 heteroatoms. The van der Waals surface area contributed by atoms with Gasteiger partial charge in [-0.25, -0.2) is 9.59 Å². The zero-order valence-corrected chi connectivity index (χ0v) is 19.0. The van der Waals surface area contributed by atoms with Gasteiger partial charge in [-0.1, -0.05) is 91.0 Å². The summed E-state index contributed by atoms with van der Waals surface area (Å²) in [5, 5.41) is 25.1. The normalized spacial score (nSPS) is 12.4.